The Balaban J connectivity index is 2.41. The fourth-order valence-electron chi connectivity index (χ4n) is 1.61. The van der Waals surface area contributed by atoms with Crippen molar-refractivity contribution in [2.75, 3.05) is 0 Å². The first-order valence-corrected chi connectivity index (χ1v) is 5.01. The summed E-state index contributed by atoms with van der Waals surface area (Å²) in [6, 6.07) is 5.25. The number of aromatic nitrogens is 1. The molecular formula is C11H13NO3. The average Bonchev–Trinajstić information content (AvgIpc) is 2.57. The summed E-state index contributed by atoms with van der Waals surface area (Å²) in [6.45, 7) is 2.01. The van der Waals surface area contributed by atoms with Gasteiger partial charge in [-0.1, -0.05) is 19.4 Å². The van der Waals surface area contributed by atoms with Crippen LogP contribution in [0.5, 0.6) is 0 Å². The van der Waals surface area contributed by atoms with Crippen molar-refractivity contribution in [3.05, 3.63) is 34.3 Å². The Kier molecular flexibility index (Phi) is 2.60. The highest BCUT2D eigenvalue weighted by Gasteiger charge is 2.08. The molecule has 2 N–H and O–H groups in total. The molecule has 0 radical (unpaired) electrons. The summed E-state index contributed by atoms with van der Waals surface area (Å²) in [7, 11) is 0. The maximum absolute atomic E-state index is 10.9. The van der Waals surface area contributed by atoms with Gasteiger partial charge in [0.1, 0.15) is 0 Å². The van der Waals surface area contributed by atoms with E-state index in [-0.39, 0.29) is 0 Å². The van der Waals surface area contributed by atoms with Gasteiger partial charge < -0.3 is 9.52 Å². The molecule has 1 heterocycles. The summed E-state index contributed by atoms with van der Waals surface area (Å²) in [6.07, 6.45) is 1.13. The Bertz CT molecular complexity index is 512. The van der Waals surface area contributed by atoms with E-state index in [1.165, 1.54) is 0 Å². The zero-order chi connectivity index (χ0) is 10.8. The summed E-state index contributed by atoms with van der Waals surface area (Å²) in [5, 5.41) is 9.76. The standard InChI is InChI=1S/C11H13NO3/c1-2-3-9(13)7-4-5-8-10(6-7)15-11(14)12-8/h4-6,9,13H,2-3H2,1H3,(H,12,14). The van der Waals surface area contributed by atoms with Gasteiger partial charge in [-0.25, -0.2) is 4.79 Å². The molecule has 1 unspecified atom stereocenters. The third kappa shape index (κ3) is 1.94. The maximum atomic E-state index is 10.9. The van der Waals surface area contributed by atoms with Crippen LogP contribution in [0, 0.1) is 0 Å². The van der Waals surface area contributed by atoms with Gasteiger partial charge >= 0.3 is 5.76 Å². The Hall–Kier alpha value is -1.55. The third-order valence-corrected chi connectivity index (χ3v) is 2.39. The van der Waals surface area contributed by atoms with Crippen LogP contribution in [-0.2, 0) is 0 Å². The van der Waals surface area contributed by atoms with Crippen LogP contribution in [0.25, 0.3) is 11.1 Å². The fraction of sp³-hybridized carbons (Fsp3) is 0.364. The summed E-state index contributed by atoms with van der Waals surface area (Å²) in [5.74, 6) is -0.466. The van der Waals surface area contributed by atoms with Crippen molar-refractivity contribution in [2.45, 2.75) is 25.9 Å². The molecule has 0 saturated carbocycles. The molecule has 1 aromatic carbocycles. The molecule has 0 spiro atoms. The quantitative estimate of drug-likeness (QED) is 0.808. The summed E-state index contributed by atoms with van der Waals surface area (Å²) >= 11 is 0. The molecule has 0 aliphatic carbocycles. The Morgan fingerprint density at radius 3 is 3.07 bits per heavy atom. The summed E-state index contributed by atoms with van der Waals surface area (Å²) in [4.78, 5) is 13.5. The maximum Gasteiger partial charge on any atom is 0.417 e. The fourth-order valence-corrected chi connectivity index (χ4v) is 1.61. The van der Waals surface area contributed by atoms with E-state index < -0.39 is 11.9 Å². The van der Waals surface area contributed by atoms with E-state index in [2.05, 4.69) is 4.98 Å². The van der Waals surface area contributed by atoms with Crippen LogP contribution >= 0.6 is 0 Å². The first-order valence-electron chi connectivity index (χ1n) is 5.01. The van der Waals surface area contributed by atoms with Crippen LogP contribution in [0.3, 0.4) is 0 Å². The van der Waals surface area contributed by atoms with Crippen molar-refractivity contribution >= 4 is 11.1 Å². The van der Waals surface area contributed by atoms with E-state index in [0.717, 1.165) is 12.0 Å². The predicted molar refractivity (Wildman–Crippen MR) is 56.7 cm³/mol. The van der Waals surface area contributed by atoms with Crippen molar-refractivity contribution in [3.8, 4) is 0 Å². The molecule has 4 heteroatoms. The number of benzene rings is 1. The van der Waals surface area contributed by atoms with Gasteiger partial charge in [-0.05, 0) is 24.1 Å². The summed E-state index contributed by atoms with van der Waals surface area (Å²) in [5.41, 5.74) is 1.94. The molecule has 0 aliphatic rings. The number of hydrogen-bond acceptors (Lipinski definition) is 3. The molecule has 4 nitrogen and oxygen atoms in total. The molecule has 1 aromatic heterocycles. The van der Waals surface area contributed by atoms with E-state index in [9.17, 15) is 9.90 Å². The monoisotopic (exact) mass is 207 g/mol. The molecule has 0 saturated heterocycles. The second-order valence-electron chi connectivity index (χ2n) is 3.57. The molecule has 0 fully saturated rings. The zero-order valence-electron chi connectivity index (χ0n) is 8.49. The van der Waals surface area contributed by atoms with Gasteiger partial charge in [-0.2, -0.15) is 0 Å². The Labute approximate surface area is 86.5 Å². The number of rotatable bonds is 3. The van der Waals surface area contributed by atoms with Crippen molar-refractivity contribution < 1.29 is 9.52 Å². The number of fused-ring (bicyclic) bond motifs is 1. The number of aromatic amines is 1. The second kappa shape index (κ2) is 3.90. The van der Waals surface area contributed by atoms with E-state index in [4.69, 9.17) is 4.42 Å². The molecule has 0 amide bonds. The number of H-pyrrole nitrogens is 1. The first-order chi connectivity index (χ1) is 7.20. The van der Waals surface area contributed by atoms with Crippen molar-refractivity contribution in [3.63, 3.8) is 0 Å². The highest BCUT2D eigenvalue weighted by atomic mass is 16.4. The topological polar surface area (TPSA) is 66.2 Å². The van der Waals surface area contributed by atoms with Gasteiger partial charge in [0.15, 0.2) is 5.58 Å². The third-order valence-electron chi connectivity index (χ3n) is 2.39. The van der Waals surface area contributed by atoms with Crippen molar-refractivity contribution in [2.24, 2.45) is 0 Å². The zero-order valence-corrected chi connectivity index (χ0v) is 8.49. The van der Waals surface area contributed by atoms with Gasteiger partial charge in [0.25, 0.3) is 0 Å². The normalized spacial score (nSPS) is 13.2. The van der Waals surface area contributed by atoms with Crippen LogP contribution in [0.1, 0.15) is 31.4 Å². The van der Waals surface area contributed by atoms with Gasteiger partial charge in [0.2, 0.25) is 0 Å². The van der Waals surface area contributed by atoms with Crippen LogP contribution in [0.2, 0.25) is 0 Å². The molecule has 80 valence electrons. The molecule has 2 aromatic rings. The van der Waals surface area contributed by atoms with Gasteiger partial charge in [0.05, 0.1) is 11.6 Å². The molecule has 0 aliphatic heterocycles. The minimum absolute atomic E-state index is 0.466. The lowest BCUT2D eigenvalue weighted by atomic mass is 10.1. The molecule has 15 heavy (non-hydrogen) atoms. The molecule has 0 bridgehead atoms. The van der Waals surface area contributed by atoms with E-state index >= 15 is 0 Å². The lowest BCUT2D eigenvalue weighted by Crippen LogP contribution is -1.95. The Morgan fingerprint density at radius 2 is 2.33 bits per heavy atom. The van der Waals surface area contributed by atoms with Crippen molar-refractivity contribution in [1.29, 1.82) is 0 Å². The number of aliphatic hydroxyl groups excluding tert-OH is 1. The number of hydrogen-bond donors (Lipinski definition) is 2. The molecular weight excluding hydrogens is 194 g/mol. The summed E-state index contributed by atoms with van der Waals surface area (Å²) < 4.78 is 4.91. The van der Waals surface area contributed by atoms with Crippen LogP contribution in [0.4, 0.5) is 0 Å². The van der Waals surface area contributed by atoms with Gasteiger partial charge in [-0.3, -0.25) is 4.98 Å². The molecule has 2 rings (SSSR count). The van der Waals surface area contributed by atoms with Crippen molar-refractivity contribution in [1.82, 2.24) is 4.98 Å². The van der Waals surface area contributed by atoms with E-state index in [0.29, 0.717) is 17.5 Å². The number of nitrogens with one attached hydrogen (secondary N) is 1. The number of aliphatic hydroxyl groups is 1. The highest BCUT2D eigenvalue weighted by molar-refractivity contribution is 5.72. The Morgan fingerprint density at radius 1 is 1.53 bits per heavy atom. The van der Waals surface area contributed by atoms with Crippen LogP contribution in [-0.4, -0.2) is 10.1 Å². The second-order valence-corrected chi connectivity index (χ2v) is 3.57. The van der Waals surface area contributed by atoms with Crippen LogP contribution < -0.4 is 5.76 Å². The molecule has 1 atom stereocenters. The smallest absolute Gasteiger partial charge is 0.408 e. The SMILES string of the molecule is CCCC(O)c1ccc2[nH]c(=O)oc2c1. The largest absolute Gasteiger partial charge is 0.417 e. The average molecular weight is 207 g/mol. The van der Waals surface area contributed by atoms with E-state index in [1.54, 1.807) is 18.2 Å². The van der Waals surface area contributed by atoms with E-state index in [1.807, 2.05) is 6.92 Å². The lowest BCUT2D eigenvalue weighted by Gasteiger charge is -2.08. The first kappa shape index (κ1) is 9.98. The highest BCUT2D eigenvalue weighted by Crippen LogP contribution is 2.21. The van der Waals surface area contributed by atoms with Crippen LogP contribution in [0.15, 0.2) is 27.4 Å². The number of oxazole rings is 1. The predicted octanol–water partition coefficient (Wildman–Crippen LogP) is 1.95. The van der Waals surface area contributed by atoms with Gasteiger partial charge in [0, 0.05) is 0 Å². The minimum Gasteiger partial charge on any atom is -0.408 e. The lowest BCUT2D eigenvalue weighted by molar-refractivity contribution is 0.166. The minimum atomic E-state index is -0.486. The van der Waals surface area contributed by atoms with Gasteiger partial charge in [-0.15, -0.1) is 0 Å².